The number of ketones is 2. The smallest absolute Gasteiger partial charge is 0.267 e. The summed E-state index contributed by atoms with van der Waals surface area (Å²) in [4.78, 5) is 52.2. The van der Waals surface area contributed by atoms with Crippen LogP contribution in [0.15, 0.2) is 47.8 Å². The molecule has 0 aliphatic heterocycles. The quantitative estimate of drug-likeness (QED) is 0.295. The summed E-state index contributed by atoms with van der Waals surface area (Å²) in [6.07, 6.45) is 5.55. The van der Waals surface area contributed by atoms with Crippen LogP contribution in [0.2, 0.25) is 5.15 Å². The van der Waals surface area contributed by atoms with E-state index in [0.29, 0.717) is 17.4 Å². The van der Waals surface area contributed by atoms with E-state index in [9.17, 15) is 28.0 Å². The Bertz CT molecular complexity index is 1490. The molecule has 1 N–H and O–H groups in total. The molecule has 36 heavy (non-hydrogen) atoms. The Labute approximate surface area is 207 Å². The van der Waals surface area contributed by atoms with E-state index in [2.05, 4.69) is 20.2 Å². The molecule has 0 aromatic carbocycles. The maximum Gasteiger partial charge on any atom is 0.267 e. The molecular formula is C23H19ClF2N6O4. The number of H-pyrrole nitrogens is 1. The summed E-state index contributed by atoms with van der Waals surface area (Å²) in [5, 5.41) is 6.66. The summed E-state index contributed by atoms with van der Waals surface area (Å²) in [6, 6.07) is 3.78. The van der Waals surface area contributed by atoms with E-state index >= 15 is 0 Å². The Morgan fingerprint density at radius 3 is 2.00 bits per heavy atom. The Morgan fingerprint density at radius 2 is 1.56 bits per heavy atom. The number of hydrogen-bond donors (Lipinski definition) is 1. The van der Waals surface area contributed by atoms with Crippen molar-refractivity contribution in [2.45, 2.75) is 26.9 Å². The molecule has 4 aromatic rings. The number of rotatable bonds is 7. The van der Waals surface area contributed by atoms with Gasteiger partial charge < -0.3 is 0 Å². The molecule has 0 saturated heterocycles. The van der Waals surface area contributed by atoms with Crippen LogP contribution in [-0.4, -0.2) is 47.4 Å². The van der Waals surface area contributed by atoms with Crippen molar-refractivity contribution < 1.29 is 23.2 Å². The molecule has 0 atom stereocenters. The second-order valence-corrected chi connectivity index (χ2v) is 7.92. The number of nitrogens with zero attached hydrogens (tertiary/aromatic N) is 5. The fourth-order valence-corrected chi connectivity index (χ4v) is 3.33. The Balaban J connectivity index is 0.000000202. The van der Waals surface area contributed by atoms with Gasteiger partial charge in [0.15, 0.2) is 17.9 Å². The highest BCUT2D eigenvalue weighted by Gasteiger charge is 2.19. The second kappa shape index (κ2) is 11.4. The average Bonchev–Trinajstić information content (AvgIpc) is 3.34. The lowest BCUT2D eigenvalue weighted by atomic mass is 10.2. The van der Waals surface area contributed by atoms with Crippen molar-refractivity contribution in [2.24, 2.45) is 0 Å². The number of pyridine rings is 2. The van der Waals surface area contributed by atoms with Crippen LogP contribution < -0.4 is 5.56 Å². The number of halogens is 3. The first-order valence-electron chi connectivity index (χ1n) is 10.3. The number of aromatic amines is 1. The zero-order valence-electron chi connectivity index (χ0n) is 19.0. The highest BCUT2D eigenvalue weighted by Crippen LogP contribution is 2.20. The average molecular weight is 517 g/mol. The summed E-state index contributed by atoms with van der Waals surface area (Å²) in [5.74, 6) is -1.53. The molecule has 4 heterocycles. The van der Waals surface area contributed by atoms with Gasteiger partial charge in [0.25, 0.3) is 5.56 Å². The van der Waals surface area contributed by atoms with Crippen LogP contribution in [0.1, 0.15) is 56.3 Å². The lowest BCUT2D eigenvalue weighted by Crippen LogP contribution is -2.16. The van der Waals surface area contributed by atoms with Gasteiger partial charge in [-0.2, -0.15) is 5.10 Å². The van der Waals surface area contributed by atoms with Crippen LogP contribution in [0.3, 0.4) is 0 Å². The number of nitrogens with one attached hydrogen (secondary N) is 1. The lowest BCUT2D eigenvalue weighted by molar-refractivity contribution is 0.0997. The molecule has 0 radical (unpaired) electrons. The molecular weight excluding hydrogens is 498 g/mol. The molecule has 4 aromatic heterocycles. The minimum absolute atomic E-state index is 0.00404. The topological polar surface area (TPSA) is 133 Å². The fraction of sp³-hybridized carbons (Fsp3) is 0.174. The van der Waals surface area contributed by atoms with E-state index in [1.807, 2.05) is 0 Å². The molecule has 4 rings (SSSR count). The third-order valence-electron chi connectivity index (χ3n) is 4.74. The third-order valence-corrected chi connectivity index (χ3v) is 5.14. The summed E-state index contributed by atoms with van der Waals surface area (Å²) in [6.45, 7) is 2.92. The largest absolute Gasteiger partial charge is 0.298 e. The molecule has 0 aliphatic carbocycles. The van der Waals surface area contributed by atoms with Gasteiger partial charge in [-0.05, 0) is 23.3 Å². The first-order chi connectivity index (χ1) is 17.1. The van der Waals surface area contributed by atoms with Gasteiger partial charge in [0.05, 0.1) is 31.0 Å². The first kappa shape index (κ1) is 26.3. The van der Waals surface area contributed by atoms with Gasteiger partial charge in [0.2, 0.25) is 0 Å². The van der Waals surface area contributed by atoms with E-state index in [-0.39, 0.29) is 52.3 Å². The van der Waals surface area contributed by atoms with Crippen molar-refractivity contribution in [3.63, 3.8) is 0 Å². The van der Waals surface area contributed by atoms with Crippen LogP contribution >= 0.6 is 11.6 Å². The van der Waals surface area contributed by atoms with Crippen molar-refractivity contribution >= 4 is 29.5 Å². The maximum absolute atomic E-state index is 13.0. The van der Waals surface area contributed by atoms with Gasteiger partial charge in [0, 0.05) is 32.3 Å². The van der Waals surface area contributed by atoms with Crippen molar-refractivity contribution in [3.8, 4) is 0 Å². The van der Waals surface area contributed by atoms with Gasteiger partial charge in [-0.3, -0.25) is 34.2 Å². The molecule has 0 spiro atoms. The second-order valence-electron chi connectivity index (χ2n) is 7.56. The van der Waals surface area contributed by atoms with E-state index in [1.54, 1.807) is 0 Å². The number of Topliss-reactive ketones (excluding diaryl/α,β-unsaturated/α-hetero) is 2. The third kappa shape index (κ3) is 6.42. The molecule has 13 heteroatoms. The van der Waals surface area contributed by atoms with Gasteiger partial charge in [-0.15, -0.1) is 0 Å². The van der Waals surface area contributed by atoms with Gasteiger partial charge >= 0.3 is 0 Å². The number of aldehydes is 1. The summed E-state index contributed by atoms with van der Waals surface area (Å²) < 4.78 is 28.4. The Kier molecular flexibility index (Phi) is 8.33. The number of aromatic nitrogens is 6. The normalized spacial score (nSPS) is 10.5. The molecule has 186 valence electrons. The molecule has 0 amide bonds. The van der Waals surface area contributed by atoms with E-state index in [1.165, 1.54) is 53.8 Å². The summed E-state index contributed by atoms with van der Waals surface area (Å²) in [5.41, 5.74) is 1.02. The maximum atomic E-state index is 13.0. The van der Waals surface area contributed by atoms with Crippen molar-refractivity contribution in [1.29, 1.82) is 0 Å². The van der Waals surface area contributed by atoms with Gasteiger partial charge in [-0.1, -0.05) is 11.6 Å². The van der Waals surface area contributed by atoms with E-state index < -0.39 is 11.6 Å². The van der Waals surface area contributed by atoms with Gasteiger partial charge in [-0.25, -0.2) is 18.1 Å². The summed E-state index contributed by atoms with van der Waals surface area (Å²) >= 11 is 5.97. The lowest BCUT2D eigenvalue weighted by Gasteiger charge is -2.02. The Hall–Kier alpha value is -4.32. The SMILES string of the molecule is CC(=O)c1cc(=O)n(Cc2cncc(F)c2)[nH]1.CC(=O)c1nn(Cc2cncc(F)c2)c(Cl)c1C=O. The molecule has 10 nitrogen and oxygen atoms in total. The van der Waals surface area contributed by atoms with Crippen LogP contribution in [0, 0.1) is 11.6 Å². The minimum atomic E-state index is -0.483. The van der Waals surface area contributed by atoms with Gasteiger partial charge in [0.1, 0.15) is 28.2 Å². The van der Waals surface area contributed by atoms with E-state index in [0.717, 1.165) is 12.4 Å². The standard InChI is InChI=1S/C12H9ClFN3O2.C11H10FN3O2/c1-7(19)11-10(6-18)12(13)17(16-11)5-8-2-9(14)4-15-3-8;1-7(16)10-3-11(17)15(14-10)6-8-2-9(12)5-13-4-8/h2-4,6H,5H2,1H3;2-5,14H,6H2,1H3. The van der Waals surface area contributed by atoms with Crippen LogP contribution in [0.25, 0.3) is 0 Å². The number of carbonyl (C=O) groups excluding carboxylic acids is 3. The minimum Gasteiger partial charge on any atom is -0.298 e. The monoisotopic (exact) mass is 516 g/mol. The fourth-order valence-electron chi connectivity index (χ4n) is 3.10. The predicted octanol–water partition coefficient (Wildman–Crippen LogP) is 3.10. The zero-order valence-corrected chi connectivity index (χ0v) is 19.8. The molecule has 0 aliphatic rings. The van der Waals surface area contributed by atoms with E-state index in [4.69, 9.17) is 11.6 Å². The predicted molar refractivity (Wildman–Crippen MR) is 124 cm³/mol. The first-order valence-corrected chi connectivity index (χ1v) is 10.7. The highest BCUT2D eigenvalue weighted by molar-refractivity contribution is 6.32. The van der Waals surface area contributed by atoms with Crippen LogP contribution in [0.4, 0.5) is 8.78 Å². The highest BCUT2D eigenvalue weighted by atomic mass is 35.5. The molecule has 0 saturated carbocycles. The van der Waals surface area contributed by atoms with Crippen molar-refractivity contribution in [2.75, 3.05) is 0 Å². The Morgan fingerprint density at radius 1 is 0.972 bits per heavy atom. The van der Waals surface area contributed by atoms with Crippen LogP contribution in [-0.2, 0) is 13.1 Å². The van der Waals surface area contributed by atoms with Crippen molar-refractivity contribution in [3.05, 3.63) is 98.2 Å². The molecule has 0 bridgehead atoms. The number of carbonyl (C=O) groups is 3. The van der Waals surface area contributed by atoms with Crippen LogP contribution in [0.5, 0.6) is 0 Å². The zero-order chi connectivity index (χ0) is 26.4. The molecule has 0 unspecified atom stereocenters. The van der Waals surface area contributed by atoms with Crippen molar-refractivity contribution in [1.82, 2.24) is 29.5 Å². The number of hydrogen-bond acceptors (Lipinski definition) is 7. The molecule has 0 fully saturated rings. The summed E-state index contributed by atoms with van der Waals surface area (Å²) in [7, 11) is 0.